The normalized spacial score (nSPS) is 10.5. The quantitative estimate of drug-likeness (QED) is 0.602. The van der Waals surface area contributed by atoms with E-state index in [1.807, 2.05) is 29.1 Å². The number of rotatable bonds is 3. The summed E-state index contributed by atoms with van der Waals surface area (Å²) in [6.45, 7) is 4.01. The maximum Gasteiger partial charge on any atom is 0.278 e. The van der Waals surface area contributed by atoms with Crippen LogP contribution in [-0.4, -0.2) is 14.5 Å². The van der Waals surface area contributed by atoms with Gasteiger partial charge in [0.2, 0.25) is 0 Å². The van der Waals surface area contributed by atoms with Crippen LogP contribution in [0.5, 0.6) is 0 Å². The van der Waals surface area contributed by atoms with Crippen molar-refractivity contribution in [2.75, 3.05) is 0 Å². The summed E-state index contributed by atoms with van der Waals surface area (Å²) in [6, 6.07) is 3.83. The SMILES string of the molecule is Cc1cnc(Cn2cccc2)c(C)c1[N+](=O)[O-]. The Hall–Kier alpha value is -2.17. The summed E-state index contributed by atoms with van der Waals surface area (Å²) in [5.74, 6) is 0. The van der Waals surface area contributed by atoms with Crippen molar-refractivity contribution in [2.45, 2.75) is 20.4 Å². The Labute approximate surface area is 98.9 Å². The summed E-state index contributed by atoms with van der Waals surface area (Å²) in [7, 11) is 0. The maximum atomic E-state index is 11.0. The summed E-state index contributed by atoms with van der Waals surface area (Å²) < 4.78 is 1.94. The molecule has 17 heavy (non-hydrogen) atoms. The van der Waals surface area contributed by atoms with Crippen molar-refractivity contribution in [1.82, 2.24) is 9.55 Å². The van der Waals surface area contributed by atoms with Gasteiger partial charge in [0.05, 0.1) is 22.7 Å². The molecule has 0 spiro atoms. The van der Waals surface area contributed by atoms with E-state index in [-0.39, 0.29) is 10.6 Å². The molecule has 0 saturated carbocycles. The molecular formula is C12H13N3O2. The van der Waals surface area contributed by atoms with Gasteiger partial charge >= 0.3 is 0 Å². The van der Waals surface area contributed by atoms with Crippen LogP contribution in [0.1, 0.15) is 16.8 Å². The Bertz CT molecular complexity index is 547. The summed E-state index contributed by atoms with van der Waals surface area (Å²) in [4.78, 5) is 14.9. The number of nitro groups is 1. The Balaban J connectivity index is 2.42. The number of hydrogen-bond donors (Lipinski definition) is 0. The number of pyridine rings is 1. The molecule has 88 valence electrons. The number of aryl methyl sites for hydroxylation is 1. The standard InChI is InChI=1S/C12H13N3O2/c1-9-7-13-11(8-14-5-3-4-6-14)10(2)12(9)15(16)17/h3-7H,8H2,1-2H3. The van der Waals surface area contributed by atoms with Gasteiger partial charge in [-0.2, -0.15) is 0 Å². The number of nitrogens with zero attached hydrogens (tertiary/aromatic N) is 3. The van der Waals surface area contributed by atoms with Crippen LogP contribution >= 0.6 is 0 Å². The molecule has 0 radical (unpaired) electrons. The van der Waals surface area contributed by atoms with Crippen molar-refractivity contribution in [3.8, 4) is 0 Å². The molecule has 2 heterocycles. The molecule has 0 aromatic carbocycles. The summed E-state index contributed by atoms with van der Waals surface area (Å²) in [6.07, 6.45) is 5.38. The highest BCUT2D eigenvalue weighted by molar-refractivity contribution is 5.47. The first-order chi connectivity index (χ1) is 8.09. The summed E-state index contributed by atoms with van der Waals surface area (Å²) in [5, 5.41) is 11.0. The van der Waals surface area contributed by atoms with Crippen molar-refractivity contribution in [3.05, 3.63) is 57.7 Å². The molecule has 0 N–H and O–H groups in total. The van der Waals surface area contributed by atoms with Crippen LogP contribution < -0.4 is 0 Å². The summed E-state index contributed by atoms with van der Waals surface area (Å²) in [5.41, 5.74) is 2.15. The van der Waals surface area contributed by atoms with Crippen molar-refractivity contribution in [1.29, 1.82) is 0 Å². The maximum absolute atomic E-state index is 11.0. The largest absolute Gasteiger partial charge is 0.348 e. The first kappa shape index (κ1) is 11.3. The van der Waals surface area contributed by atoms with Gasteiger partial charge < -0.3 is 4.57 Å². The van der Waals surface area contributed by atoms with E-state index in [1.165, 1.54) is 0 Å². The third kappa shape index (κ3) is 2.18. The lowest BCUT2D eigenvalue weighted by atomic mass is 10.1. The van der Waals surface area contributed by atoms with E-state index in [2.05, 4.69) is 4.98 Å². The predicted octanol–water partition coefficient (Wildman–Crippen LogP) is 2.46. The number of hydrogen-bond acceptors (Lipinski definition) is 3. The smallest absolute Gasteiger partial charge is 0.278 e. The minimum absolute atomic E-state index is 0.169. The molecule has 0 aliphatic rings. The highest BCUT2D eigenvalue weighted by atomic mass is 16.6. The average molecular weight is 231 g/mol. The number of aromatic nitrogens is 2. The third-order valence-electron chi connectivity index (χ3n) is 2.76. The second-order valence-corrected chi connectivity index (χ2v) is 3.97. The van der Waals surface area contributed by atoms with Gasteiger partial charge in [-0.05, 0) is 26.0 Å². The molecular weight excluding hydrogens is 218 g/mol. The Morgan fingerprint density at radius 1 is 1.35 bits per heavy atom. The molecule has 0 atom stereocenters. The molecule has 0 unspecified atom stereocenters. The van der Waals surface area contributed by atoms with Crippen molar-refractivity contribution >= 4 is 5.69 Å². The lowest BCUT2D eigenvalue weighted by molar-refractivity contribution is -0.386. The first-order valence-electron chi connectivity index (χ1n) is 5.30. The van der Waals surface area contributed by atoms with Crippen LogP contribution in [0.15, 0.2) is 30.7 Å². The molecule has 2 aromatic rings. The van der Waals surface area contributed by atoms with E-state index in [0.717, 1.165) is 5.69 Å². The van der Waals surface area contributed by atoms with E-state index >= 15 is 0 Å². The molecule has 0 aliphatic carbocycles. The van der Waals surface area contributed by atoms with Gasteiger partial charge in [0.1, 0.15) is 0 Å². The molecule has 0 bridgehead atoms. The van der Waals surface area contributed by atoms with Gasteiger partial charge in [0, 0.05) is 24.2 Å². The highest BCUT2D eigenvalue weighted by Crippen LogP contribution is 2.24. The topological polar surface area (TPSA) is 61.0 Å². The zero-order valence-electron chi connectivity index (χ0n) is 9.75. The molecule has 2 rings (SSSR count). The third-order valence-corrected chi connectivity index (χ3v) is 2.76. The molecule has 0 fully saturated rings. The molecule has 5 heteroatoms. The van der Waals surface area contributed by atoms with E-state index in [1.54, 1.807) is 20.0 Å². The van der Waals surface area contributed by atoms with E-state index in [4.69, 9.17) is 0 Å². The summed E-state index contributed by atoms with van der Waals surface area (Å²) >= 11 is 0. The van der Waals surface area contributed by atoms with Gasteiger partial charge in [-0.15, -0.1) is 0 Å². The lowest BCUT2D eigenvalue weighted by Gasteiger charge is -2.08. The zero-order valence-corrected chi connectivity index (χ0v) is 9.75. The molecule has 5 nitrogen and oxygen atoms in total. The second kappa shape index (κ2) is 4.37. The van der Waals surface area contributed by atoms with Crippen molar-refractivity contribution < 1.29 is 4.92 Å². The van der Waals surface area contributed by atoms with Crippen LogP contribution in [0.25, 0.3) is 0 Å². The molecule has 0 saturated heterocycles. The van der Waals surface area contributed by atoms with Gasteiger partial charge in [-0.1, -0.05) is 0 Å². The lowest BCUT2D eigenvalue weighted by Crippen LogP contribution is -2.05. The van der Waals surface area contributed by atoms with Crippen LogP contribution in [0.3, 0.4) is 0 Å². The second-order valence-electron chi connectivity index (χ2n) is 3.97. The van der Waals surface area contributed by atoms with Crippen LogP contribution in [0, 0.1) is 24.0 Å². The van der Waals surface area contributed by atoms with Gasteiger partial charge in [0.15, 0.2) is 0 Å². The van der Waals surface area contributed by atoms with E-state index in [9.17, 15) is 10.1 Å². The zero-order chi connectivity index (χ0) is 12.4. The van der Waals surface area contributed by atoms with Gasteiger partial charge in [0.25, 0.3) is 5.69 Å². The monoisotopic (exact) mass is 231 g/mol. The molecule has 0 amide bonds. The van der Waals surface area contributed by atoms with Gasteiger partial charge in [-0.3, -0.25) is 15.1 Å². The Kier molecular flexibility index (Phi) is 2.91. The highest BCUT2D eigenvalue weighted by Gasteiger charge is 2.18. The minimum atomic E-state index is -0.342. The minimum Gasteiger partial charge on any atom is -0.348 e. The van der Waals surface area contributed by atoms with Crippen LogP contribution in [0.2, 0.25) is 0 Å². The van der Waals surface area contributed by atoms with Crippen LogP contribution in [0.4, 0.5) is 5.69 Å². The predicted molar refractivity (Wildman–Crippen MR) is 63.9 cm³/mol. The Morgan fingerprint density at radius 3 is 2.59 bits per heavy atom. The first-order valence-corrected chi connectivity index (χ1v) is 5.30. The van der Waals surface area contributed by atoms with E-state index in [0.29, 0.717) is 17.7 Å². The fourth-order valence-electron chi connectivity index (χ4n) is 1.85. The molecule has 2 aromatic heterocycles. The van der Waals surface area contributed by atoms with Crippen molar-refractivity contribution in [3.63, 3.8) is 0 Å². The fourth-order valence-corrected chi connectivity index (χ4v) is 1.85. The van der Waals surface area contributed by atoms with Gasteiger partial charge in [-0.25, -0.2) is 0 Å². The fraction of sp³-hybridized carbons (Fsp3) is 0.250. The molecule has 0 aliphatic heterocycles. The van der Waals surface area contributed by atoms with Crippen molar-refractivity contribution in [2.24, 2.45) is 0 Å². The van der Waals surface area contributed by atoms with E-state index < -0.39 is 0 Å². The van der Waals surface area contributed by atoms with Crippen LogP contribution in [-0.2, 0) is 6.54 Å². The Morgan fingerprint density at radius 2 is 2.00 bits per heavy atom. The average Bonchev–Trinajstić information content (AvgIpc) is 2.74.